The van der Waals surface area contributed by atoms with E-state index >= 15 is 0 Å². The fourth-order valence-electron chi connectivity index (χ4n) is 3.50. The van der Waals surface area contributed by atoms with E-state index in [0.29, 0.717) is 12.3 Å². The minimum Gasteiger partial charge on any atom is -0.467 e. The molecule has 2 atom stereocenters. The summed E-state index contributed by atoms with van der Waals surface area (Å²) < 4.78 is 5.14. The molecule has 1 aliphatic rings. The number of carbonyl (C=O) groups is 2. The van der Waals surface area contributed by atoms with Crippen molar-refractivity contribution >= 4 is 11.9 Å². The summed E-state index contributed by atoms with van der Waals surface area (Å²) in [4.78, 5) is 26.4. The van der Waals surface area contributed by atoms with Crippen molar-refractivity contribution in [3.63, 3.8) is 0 Å². The van der Waals surface area contributed by atoms with Crippen LogP contribution in [0.15, 0.2) is 53.1 Å². The molecule has 156 valence electrons. The van der Waals surface area contributed by atoms with Crippen LogP contribution in [0.3, 0.4) is 0 Å². The molecule has 0 spiro atoms. The maximum atomic E-state index is 12.3. The van der Waals surface area contributed by atoms with Crippen LogP contribution in [0.4, 0.5) is 4.79 Å². The maximum Gasteiger partial charge on any atom is 0.315 e. The highest BCUT2D eigenvalue weighted by Gasteiger charge is 2.29. The topological polar surface area (TPSA) is 107 Å². The highest BCUT2D eigenvalue weighted by atomic mass is 16.3. The average molecular weight is 400 g/mol. The molecular weight excluding hydrogens is 372 g/mol. The first kappa shape index (κ1) is 20.9. The zero-order valence-corrected chi connectivity index (χ0v) is 16.3. The van der Waals surface area contributed by atoms with Gasteiger partial charge in [0, 0.05) is 31.7 Å². The first-order valence-electron chi connectivity index (χ1n) is 9.84. The minimum atomic E-state index is -0.440. The van der Waals surface area contributed by atoms with Crippen molar-refractivity contribution in [2.75, 3.05) is 26.2 Å². The van der Waals surface area contributed by atoms with E-state index in [-0.39, 0.29) is 37.6 Å². The number of benzene rings is 1. The fourth-order valence-corrected chi connectivity index (χ4v) is 3.50. The van der Waals surface area contributed by atoms with Gasteiger partial charge in [0.15, 0.2) is 0 Å². The molecule has 3 rings (SSSR count). The summed E-state index contributed by atoms with van der Waals surface area (Å²) in [5, 5.41) is 17.8. The molecule has 4 N–H and O–H groups in total. The number of urea groups is 1. The van der Waals surface area contributed by atoms with E-state index in [2.05, 4.69) is 33.0 Å². The summed E-state index contributed by atoms with van der Waals surface area (Å²) in [6.07, 6.45) is 2.34. The first-order valence-corrected chi connectivity index (χ1v) is 9.84. The molecule has 2 heterocycles. The van der Waals surface area contributed by atoms with Gasteiger partial charge in [0.2, 0.25) is 5.91 Å². The monoisotopic (exact) mass is 400 g/mol. The molecule has 1 aromatic carbocycles. The normalized spacial score (nSPS) is 19.5. The van der Waals surface area contributed by atoms with Gasteiger partial charge >= 0.3 is 6.03 Å². The van der Waals surface area contributed by atoms with E-state index in [9.17, 15) is 14.7 Å². The van der Waals surface area contributed by atoms with Crippen LogP contribution in [0.25, 0.3) is 0 Å². The second-order valence-corrected chi connectivity index (χ2v) is 7.24. The third-order valence-corrected chi connectivity index (χ3v) is 5.08. The van der Waals surface area contributed by atoms with Gasteiger partial charge in [-0.15, -0.1) is 0 Å². The Bertz CT molecular complexity index is 766. The molecule has 3 amide bonds. The van der Waals surface area contributed by atoms with E-state index in [4.69, 9.17) is 4.42 Å². The maximum absolute atomic E-state index is 12.3. The molecular formula is C21H28N4O4. The van der Waals surface area contributed by atoms with Crippen LogP contribution in [0, 0.1) is 5.92 Å². The Kier molecular flexibility index (Phi) is 7.66. The van der Waals surface area contributed by atoms with Gasteiger partial charge in [-0.3, -0.25) is 9.69 Å². The van der Waals surface area contributed by atoms with Gasteiger partial charge < -0.3 is 25.5 Å². The number of rotatable bonds is 8. The Balaban J connectivity index is 1.43. The third kappa shape index (κ3) is 6.62. The number of likely N-dealkylation sites (tertiary alicyclic amines) is 1. The molecule has 8 heteroatoms. The highest BCUT2D eigenvalue weighted by molar-refractivity contribution is 5.84. The Morgan fingerprint density at radius 2 is 1.97 bits per heavy atom. The van der Waals surface area contributed by atoms with Gasteiger partial charge in [0.05, 0.1) is 19.4 Å². The number of amides is 3. The SMILES string of the molecule is O=C(CNC(=O)NCc1ccco1)NC1CN(Cc2ccccc2)CCC1CO. The summed E-state index contributed by atoms with van der Waals surface area (Å²) >= 11 is 0. The van der Waals surface area contributed by atoms with Crippen LogP contribution < -0.4 is 16.0 Å². The standard InChI is InChI=1S/C21H28N4O4/c26-15-17-8-9-25(13-16-5-2-1-3-6-16)14-19(17)24-20(27)12-23-21(28)22-11-18-7-4-10-29-18/h1-7,10,17,19,26H,8-9,11-15H2,(H,24,27)(H2,22,23,28). The number of carbonyl (C=O) groups excluding carboxylic acids is 2. The Hall–Kier alpha value is -2.84. The Labute approximate surface area is 170 Å². The summed E-state index contributed by atoms with van der Waals surface area (Å²) in [6, 6.07) is 13.1. The second-order valence-electron chi connectivity index (χ2n) is 7.24. The molecule has 0 aliphatic carbocycles. The van der Waals surface area contributed by atoms with Crippen molar-refractivity contribution in [1.82, 2.24) is 20.9 Å². The van der Waals surface area contributed by atoms with Crippen molar-refractivity contribution in [3.8, 4) is 0 Å². The summed E-state index contributed by atoms with van der Waals surface area (Å²) in [5.74, 6) is 0.373. The number of hydrogen-bond donors (Lipinski definition) is 4. The number of nitrogens with zero attached hydrogens (tertiary/aromatic N) is 1. The molecule has 8 nitrogen and oxygen atoms in total. The molecule has 1 saturated heterocycles. The molecule has 0 saturated carbocycles. The van der Waals surface area contributed by atoms with E-state index in [1.54, 1.807) is 12.1 Å². The molecule has 2 unspecified atom stereocenters. The number of aliphatic hydroxyl groups is 1. The fraction of sp³-hybridized carbons (Fsp3) is 0.429. The van der Waals surface area contributed by atoms with E-state index < -0.39 is 6.03 Å². The van der Waals surface area contributed by atoms with Crippen molar-refractivity contribution in [2.45, 2.75) is 25.6 Å². The highest BCUT2D eigenvalue weighted by Crippen LogP contribution is 2.19. The van der Waals surface area contributed by atoms with Crippen molar-refractivity contribution < 1.29 is 19.1 Å². The quantitative estimate of drug-likeness (QED) is 0.531. The molecule has 0 radical (unpaired) electrons. The minimum absolute atomic E-state index is 0.0127. The summed E-state index contributed by atoms with van der Waals surface area (Å²) in [6.45, 7) is 2.50. The lowest BCUT2D eigenvalue weighted by atomic mass is 9.92. The number of piperidine rings is 1. The number of aliphatic hydroxyl groups excluding tert-OH is 1. The lowest BCUT2D eigenvalue weighted by Gasteiger charge is -2.38. The molecule has 0 bridgehead atoms. The van der Waals surface area contributed by atoms with Gasteiger partial charge in [-0.25, -0.2) is 4.79 Å². The van der Waals surface area contributed by atoms with Gasteiger partial charge in [-0.2, -0.15) is 0 Å². The Morgan fingerprint density at radius 3 is 2.69 bits per heavy atom. The van der Waals surface area contributed by atoms with Gasteiger partial charge in [-0.1, -0.05) is 30.3 Å². The third-order valence-electron chi connectivity index (χ3n) is 5.08. The predicted octanol–water partition coefficient (Wildman–Crippen LogP) is 1.08. The van der Waals surface area contributed by atoms with Crippen molar-refractivity contribution in [2.24, 2.45) is 5.92 Å². The van der Waals surface area contributed by atoms with Gasteiger partial charge in [0.1, 0.15) is 5.76 Å². The summed E-state index contributed by atoms with van der Waals surface area (Å²) in [5.41, 5.74) is 1.22. The van der Waals surface area contributed by atoms with Crippen LogP contribution >= 0.6 is 0 Å². The van der Waals surface area contributed by atoms with E-state index in [1.165, 1.54) is 11.8 Å². The lowest BCUT2D eigenvalue weighted by molar-refractivity contribution is -0.121. The van der Waals surface area contributed by atoms with E-state index in [1.807, 2.05) is 18.2 Å². The zero-order valence-electron chi connectivity index (χ0n) is 16.3. The molecule has 1 aliphatic heterocycles. The van der Waals surface area contributed by atoms with Crippen LogP contribution in [-0.2, 0) is 17.9 Å². The molecule has 29 heavy (non-hydrogen) atoms. The summed E-state index contributed by atoms with van der Waals surface area (Å²) in [7, 11) is 0. The van der Waals surface area contributed by atoms with Gasteiger partial charge in [0.25, 0.3) is 0 Å². The van der Waals surface area contributed by atoms with Crippen molar-refractivity contribution in [3.05, 3.63) is 60.1 Å². The lowest BCUT2D eigenvalue weighted by Crippen LogP contribution is -2.55. The van der Waals surface area contributed by atoms with Crippen molar-refractivity contribution in [1.29, 1.82) is 0 Å². The molecule has 2 aromatic rings. The number of hydrogen-bond acceptors (Lipinski definition) is 5. The van der Waals surface area contributed by atoms with Crippen LogP contribution in [0.2, 0.25) is 0 Å². The van der Waals surface area contributed by atoms with Crippen LogP contribution in [0.5, 0.6) is 0 Å². The van der Waals surface area contributed by atoms with Crippen LogP contribution in [-0.4, -0.2) is 54.2 Å². The van der Waals surface area contributed by atoms with E-state index in [0.717, 1.165) is 19.5 Å². The first-order chi connectivity index (χ1) is 14.1. The predicted molar refractivity (Wildman–Crippen MR) is 108 cm³/mol. The van der Waals surface area contributed by atoms with Crippen LogP contribution in [0.1, 0.15) is 17.7 Å². The number of furan rings is 1. The smallest absolute Gasteiger partial charge is 0.315 e. The Morgan fingerprint density at radius 1 is 1.14 bits per heavy atom. The molecule has 1 fully saturated rings. The number of nitrogens with one attached hydrogen (secondary N) is 3. The largest absolute Gasteiger partial charge is 0.467 e. The molecule has 1 aromatic heterocycles. The van der Waals surface area contributed by atoms with Gasteiger partial charge in [-0.05, 0) is 30.7 Å². The second kappa shape index (κ2) is 10.6. The average Bonchev–Trinajstić information content (AvgIpc) is 3.25. The zero-order chi connectivity index (χ0) is 20.5.